The topological polar surface area (TPSA) is 77.0 Å². The van der Waals surface area contributed by atoms with Crippen molar-refractivity contribution in [2.24, 2.45) is 11.3 Å². The van der Waals surface area contributed by atoms with Gasteiger partial charge < -0.3 is 5.73 Å². The van der Waals surface area contributed by atoms with Gasteiger partial charge in [-0.3, -0.25) is 16.3 Å². The minimum absolute atomic E-state index is 0.228. The Morgan fingerprint density at radius 3 is 2.62 bits per heavy atom. The molecule has 5 N–H and O–H groups in total. The van der Waals surface area contributed by atoms with Crippen LogP contribution in [0.4, 0.5) is 5.69 Å². The number of anilines is 1. The molecule has 1 heterocycles. The summed E-state index contributed by atoms with van der Waals surface area (Å²) in [6.07, 6.45) is 5.32. The maximum Gasteiger partial charge on any atom is 0.0378 e. The number of hydrazine groups is 1. The first-order chi connectivity index (χ1) is 7.42. The third-order valence-electron chi connectivity index (χ3n) is 2.50. The van der Waals surface area contributed by atoms with Crippen molar-refractivity contribution in [3.05, 3.63) is 24.0 Å². The average molecular weight is 222 g/mol. The van der Waals surface area contributed by atoms with Crippen LogP contribution in [0.25, 0.3) is 0 Å². The zero-order valence-corrected chi connectivity index (χ0v) is 10.3. The van der Waals surface area contributed by atoms with Crippen LogP contribution >= 0.6 is 0 Å². The Morgan fingerprint density at radius 2 is 2.12 bits per heavy atom. The van der Waals surface area contributed by atoms with Gasteiger partial charge in [-0.1, -0.05) is 20.8 Å². The number of hydrogen-bond acceptors (Lipinski definition) is 4. The van der Waals surface area contributed by atoms with Gasteiger partial charge in [0.05, 0.1) is 0 Å². The fourth-order valence-electron chi connectivity index (χ4n) is 1.80. The second-order valence-electron chi connectivity index (χ2n) is 5.41. The molecule has 90 valence electrons. The molecule has 4 heteroatoms. The Balaban J connectivity index is 2.67. The number of hydrogen-bond donors (Lipinski definition) is 3. The van der Waals surface area contributed by atoms with Crippen molar-refractivity contribution in [2.75, 3.05) is 5.73 Å². The molecule has 1 rings (SSSR count). The van der Waals surface area contributed by atoms with Crippen molar-refractivity contribution < 1.29 is 0 Å². The molecule has 0 aromatic carbocycles. The van der Waals surface area contributed by atoms with Crippen molar-refractivity contribution in [1.82, 2.24) is 10.4 Å². The molecule has 0 spiro atoms. The lowest BCUT2D eigenvalue weighted by molar-refractivity contribution is 0.308. The van der Waals surface area contributed by atoms with Gasteiger partial charge in [-0.15, -0.1) is 0 Å². The summed E-state index contributed by atoms with van der Waals surface area (Å²) in [5, 5.41) is 0. The van der Waals surface area contributed by atoms with Crippen molar-refractivity contribution in [2.45, 2.75) is 39.7 Å². The predicted molar refractivity (Wildman–Crippen MR) is 67.5 cm³/mol. The normalized spacial score (nSPS) is 13.8. The van der Waals surface area contributed by atoms with Crippen LogP contribution in [0.2, 0.25) is 0 Å². The van der Waals surface area contributed by atoms with E-state index in [4.69, 9.17) is 11.6 Å². The number of nitrogen functional groups attached to an aromatic ring is 1. The second kappa shape index (κ2) is 5.27. The quantitative estimate of drug-likeness (QED) is 0.532. The largest absolute Gasteiger partial charge is 0.398 e. The van der Waals surface area contributed by atoms with Gasteiger partial charge in [0.25, 0.3) is 0 Å². The molecular formula is C12H22N4. The Morgan fingerprint density at radius 1 is 1.44 bits per heavy atom. The smallest absolute Gasteiger partial charge is 0.0378 e. The van der Waals surface area contributed by atoms with Gasteiger partial charge in [0.1, 0.15) is 0 Å². The molecule has 16 heavy (non-hydrogen) atoms. The van der Waals surface area contributed by atoms with E-state index in [1.165, 1.54) is 0 Å². The molecule has 1 aromatic rings. The first-order valence-electron chi connectivity index (χ1n) is 5.57. The standard InChI is InChI=1S/C12H22N4/c1-12(2,3)7-10(16-14)6-9-8-15-5-4-11(9)13/h4-5,8,10,16H,6-7,14H2,1-3H3,(H2,13,15). The average Bonchev–Trinajstić information content (AvgIpc) is 2.18. The van der Waals surface area contributed by atoms with Crippen molar-refractivity contribution in [3.63, 3.8) is 0 Å². The molecule has 0 radical (unpaired) electrons. The summed E-state index contributed by atoms with van der Waals surface area (Å²) < 4.78 is 0. The van der Waals surface area contributed by atoms with E-state index in [-0.39, 0.29) is 11.5 Å². The van der Waals surface area contributed by atoms with Crippen LogP contribution in [0.1, 0.15) is 32.8 Å². The molecule has 0 amide bonds. The number of nitrogens with one attached hydrogen (secondary N) is 1. The van der Waals surface area contributed by atoms with Gasteiger partial charge >= 0.3 is 0 Å². The summed E-state index contributed by atoms with van der Waals surface area (Å²) in [5.41, 5.74) is 10.8. The van der Waals surface area contributed by atoms with Gasteiger partial charge in [-0.05, 0) is 29.9 Å². The highest BCUT2D eigenvalue weighted by Crippen LogP contribution is 2.23. The molecule has 0 saturated heterocycles. The van der Waals surface area contributed by atoms with E-state index >= 15 is 0 Å². The molecule has 0 aliphatic carbocycles. The van der Waals surface area contributed by atoms with E-state index in [0.29, 0.717) is 0 Å². The monoisotopic (exact) mass is 222 g/mol. The number of aromatic nitrogens is 1. The second-order valence-corrected chi connectivity index (χ2v) is 5.41. The van der Waals surface area contributed by atoms with Crippen LogP contribution in [0.15, 0.2) is 18.5 Å². The highest BCUT2D eigenvalue weighted by Gasteiger charge is 2.18. The summed E-state index contributed by atoms with van der Waals surface area (Å²) in [4.78, 5) is 4.08. The zero-order valence-electron chi connectivity index (χ0n) is 10.3. The fourth-order valence-corrected chi connectivity index (χ4v) is 1.80. The van der Waals surface area contributed by atoms with E-state index in [9.17, 15) is 0 Å². The summed E-state index contributed by atoms with van der Waals surface area (Å²) in [6, 6.07) is 2.05. The third kappa shape index (κ3) is 4.16. The van der Waals surface area contributed by atoms with Crippen molar-refractivity contribution in [1.29, 1.82) is 0 Å². The lowest BCUT2D eigenvalue weighted by atomic mass is 9.86. The molecular weight excluding hydrogens is 200 g/mol. The molecule has 0 fully saturated rings. The molecule has 1 atom stereocenters. The van der Waals surface area contributed by atoms with Crippen LogP contribution in [0.3, 0.4) is 0 Å². The van der Waals surface area contributed by atoms with E-state index in [1.807, 2.05) is 12.3 Å². The summed E-state index contributed by atoms with van der Waals surface area (Å²) >= 11 is 0. The first kappa shape index (κ1) is 12.9. The lowest BCUT2D eigenvalue weighted by Crippen LogP contribution is -2.39. The molecule has 0 bridgehead atoms. The minimum Gasteiger partial charge on any atom is -0.398 e. The Labute approximate surface area is 97.4 Å². The molecule has 0 aliphatic heterocycles. The van der Waals surface area contributed by atoms with Gasteiger partial charge in [-0.2, -0.15) is 0 Å². The highest BCUT2D eigenvalue weighted by atomic mass is 15.2. The highest BCUT2D eigenvalue weighted by molar-refractivity contribution is 5.44. The Kier molecular flexibility index (Phi) is 4.26. The third-order valence-corrected chi connectivity index (χ3v) is 2.50. The van der Waals surface area contributed by atoms with Crippen LogP contribution in [-0.2, 0) is 6.42 Å². The summed E-state index contributed by atoms with van der Waals surface area (Å²) in [7, 11) is 0. The number of nitrogens with two attached hydrogens (primary N) is 2. The molecule has 4 nitrogen and oxygen atoms in total. The Bertz CT molecular complexity index is 330. The summed E-state index contributed by atoms with van der Waals surface area (Å²) in [6.45, 7) is 6.60. The van der Waals surface area contributed by atoms with Gasteiger partial charge in [0.2, 0.25) is 0 Å². The van der Waals surface area contributed by atoms with Crippen LogP contribution < -0.4 is 17.0 Å². The molecule has 0 saturated carbocycles. The molecule has 1 aromatic heterocycles. The first-order valence-corrected chi connectivity index (χ1v) is 5.57. The lowest BCUT2D eigenvalue weighted by Gasteiger charge is -2.25. The maximum atomic E-state index is 5.88. The van der Waals surface area contributed by atoms with E-state index in [1.54, 1.807) is 6.20 Å². The van der Waals surface area contributed by atoms with Gasteiger partial charge in [0.15, 0.2) is 0 Å². The van der Waals surface area contributed by atoms with Crippen LogP contribution in [0.5, 0.6) is 0 Å². The Hall–Kier alpha value is -1.13. The predicted octanol–water partition coefficient (Wildman–Crippen LogP) is 1.47. The molecule has 1 unspecified atom stereocenters. The molecule has 0 aliphatic rings. The number of rotatable bonds is 4. The minimum atomic E-state index is 0.228. The summed E-state index contributed by atoms with van der Waals surface area (Å²) in [5.74, 6) is 5.57. The van der Waals surface area contributed by atoms with E-state index in [0.717, 1.165) is 24.1 Å². The van der Waals surface area contributed by atoms with Gasteiger partial charge in [0, 0.05) is 24.1 Å². The van der Waals surface area contributed by atoms with E-state index in [2.05, 4.69) is 31.2 Å². The SMILES string of the molecule is CC(C)(C)CC(Cc1cnccc1N)NN. The van der Waals surface area contributed by atoms with Crippen molar-refractivity contribution in [3.8, 4) is 0 Å². The number of pyridine rings is 1. The zero-order chi connectivity index (χ0) is 12.2. The maximum absolute atomic E-state index is 5.88. The number of nitrogens with zero attached hydrogens (tertiary/aromatic N) is 1. The van der Waals surface area contributed by atoms with Crippen LogP contribution in [-0.4, -0.2) is 11.0 Å². The van der Waals surface area contributed by atoms with E-state index < -0.39 is 0 Å². The van der Waals surface area contributed by atoms with Gasteiger partial charge in [-0.25, -0.2) is 0 Å². The van der Waals surface area contributed by atoms with Crippen LogP contribution in [0, 0.1) is 5.41 Å². The van der Waals surface area contributed by atoms with Crippen molar-refractivity contribution >= 4 is 5.69 Å². The fraction of sp³-hybridized carbons (Fsp3) is 0.583.